The molecule has 0 fully saturated rings. The van der Waals surface area contributed by atoms with Gasteiger partial charge in [-0.25, -0.2) is 0 Å². The first-order valence-electron chi connectivity index (χ1n) is 4.71. The number of nitrogens with zero attached hydrogens (tertiary/aromatic N) is 3. The number of carbonyl (C=O) groups is 1. The maximum atomic E-state index is 11.8. The minimum atomic E-state index is -0.552. The predicted molar refractivity (Wildman–Crippen MR) is 73.7 cm³/mol. The quantitative estimate of drug-likeness (QED) is 0.667. The van der Waals surface area contributed by atoms with Crippen molar-refractivity contribution in [3.05, 3.63) is 42.3 Å². The van der Waals surface area contributed by atoms with Crippen molar-refractivity contribution in [3.63, 3.8) is 0 Å². The molecule has 0 spiro atoms. The number of carbonyl (C=O) groups excluding carboxylic acids is 1. The average molecular weight is 364 g/mol. The van der Waals surface area contributed by atoms with Crippen LogP contribution in [-0.2, 0) is 0 Å². The Balaban J connectivity index is 2.25. The molecule has 0 saturated heterocycles. The van der Waals surface area contributed by atoms with Gasteiger partial charge < -0.3 is 5.32 Å². The topological polar surface area (TPSA) is 98.0 Å². The van der Waals surface area contributed by atoms with Crippen LogP contribution in [0.3, 0.4) is 0 Å². The molecule has 1 heterocycles. The molecule has 1 N–H and O–H groups in total. The molecule has 1 aromatic carbocycles. The highest BCUT2D eigenvalue weighted by atomic mass is 79.9. The maximum absolute atomic E-state index is 11.8. The van der Waals surface area contributed by atoms with E-state index in [1.807, 2.05) is 0 Å². The first-order chi connectivity index (χ1) is 8.97. The number of rotatable bonds is 3. The van der Waals surface area contributed by atoms with Crippen LogP contribution in [0.2, 0.25) is 4.47 Å². The monoisotopic (exact) mass is 362 g/mol. The van der Waals surface area contributed by atoms with Gasteiger partial charge in [0.05, 0.1) is 10.6 Å². The summed E-state index contributed by atoms with van der Waals surface area (Å²) in [4.78, 5) is 21.9. The van der Waals surface area contributed by atoms with Crippen LogP contribution in [0.15, 0.2) is 22.7 Å². The Kier molecular flexibility index (Phi) is 4.08. The molecule has 0 atom stereocenters. The molecular weight excluding hydrogens is 360 g/mol. The van der Waals surface area contributed by atoms with Crippen molar-refractivity contribution in [3.8, 4) is 0 Å². The Bertz CT molecular complexity index is 663. The van der Waals surface area contributed by atoms with E-state index >= 15 is 0 Å². The lowest BCUT2D eigenvalue weighted by molar-refractivity contribution is -0.384. The highest BCUT2D eigenvalue weighted by molar-refractivity contribution is 9.10. The summed E-state index contributed by atoms with van der Waals surface area (Å²) in [5.41, 5.74) is 0.138. The fourth-order valence-electron chi connectivity index (χ4n) is 1.20. The molecule has 0 unspecified atom stereocenters. The molecule has 2 aromatic rings. The third kappa shape index (κ3) is 3.25. The van der Waals surface area contributed by atoms with E-state index in [4.69, 9.17) is 11.6 Å². The molecule has 7 nitrogen and oxygen atoms in total. The second-order valence-corrected chi connectivity index (χ2v) is 5.65. The van der Waals surface area contributed by atoms with Crippen molar-refractivity contribution in [1.29, 1.82) is 0 Å². The van der Waals surface area contributed by atoms with Gasteiger partial charge in [-0.3, -0.25) is 14.9 Å². The van der Waals surface area contributed by atoms with Gasteiger partial charge in [0.15, 0.2) is 0 Å². The van der Waals surface area contributed by atoms with Crippen LogP contribution in [0.1, 0.15) is 9.80 Å². The summed E-state index contributed by atoms with van der Waals surface area (Å²) >= 11 is 9.68. The van der Waals surface area contributed by atoms with E-state index in [-0.39, 0.29) is 20.8 Å². The normalized spacial score (nSPS) is 10.2. The molecule has 0 aliphatic rings. The number of nitrogens with one attached hydrogen (secondary N) is 1. The number of hydrogen-bond donors (Lipinski definition) is 1. The largest absolute Gasteiger partial charge is 0.319 e. The van der Waals surface area contributed by atoms with Crippen LogP contribution >= 0.6 is 38.9 Å². The van der Waals surface area contributed by atoms with Crippen molar-refractivity contribution < 1.29 is 9.72 Å². The van der Waals surface area contributed by atoms with Crippen LogP contribution < -0.4 is 5.32 Å². The molecule has 0 aliphatic carbocycles. The summed E-state index contributed by atoms with van der Waals surface area (Å²) in [6, 6.07) is 4.03. The van der Waals surface area contributed by atoms with Crippen molar-refractivity contribution in [2.24, 2.45) is 0 Å². The smallest absolute Gasteiger partial charge is 0.286 e. The number of non-ortho nitro benzene ring substituents is 1. The molecule has 0 radical (unpaired) electrons. The zero-order valence-electron chi connectivity index (χ0n) is 8.96. The molecule has 1 amide bonds. The van der Waals surface area contributed by atoms with Crippen molar-refractivity contribution in [1.82, 2.24) is 10.2 Å². The summed E-state index contributed by atoms with van der Waals surface area (Å²) in [6.07, 6.45) is 0. The van der Waals surface area contributed by atoms with E-state index in [0.29, 0.717) is 4.47 Å². The second kappa shape index (κ2) is 5.59. The summed E-state index contributed by atoms with van der Waals surface area (Å²) in [5.74, 6) is -0.536. The van der Waals surface area contributed by atoms with Gasteiger partial charge in [0.2, 0.25) is 9.47 Å². The van der Waals surface area contributed by atoms with Crippen molar-refractivity contribution in [2.75, 3.05) is 5.32 Å². The third-order valence-electron chi connectivity index (χ3n) is 2.00. The number of hydrogen-bond acceptors (Lipinski definition) is 6. The number of anilines is 1. The van der Waals surface area contributed by atoms with Gasteiger partial charge in [0, 0.05) is 16.6 Å². The molecule has 1 aromatic heterocycles. The molecule has 0 saturated carbocycles. The minimum absolute atomic E-state index is 0.0726. The van der Waals surface area contributed by atoms with E-state index in [2.05, 4.69) is 31.4 Å². The van der Waals surface area contributed by atoms with Gasteiger partial charge >= 0.3 is 0 Å². The Morgan fingerprint density at radius 3 is 2.79 bits per heavy atom. The maximum Gasteiger partial charge on any atom is 0.286 e. The third-order valence-corrected chi connectivity index (χ3v) is 3.71. The van der Waals surface area contributed by atoms with E-state index in [1.165, 1.54) is 18.2 Å². The summed E-state index contributed by atoms with van der Waals surface area (Å²) in [6.45, 7) is 0. The van der Waals surface area contributed by atoms with Gasteiger partial charge in [0.1, 0.15) is 0 Å². The van der Waals surface area contributed by atoms with Crippen LogP contribution in [0.25, 0.3) is 0 Å². The summed E-state index contributed by atoms with van der Waals surface area (Å²) in [5, 5.41) is 20.3. The lowest BCUT2D eigenvalue weighted by Crippen LogP contribution is -2.12. The number of aromatic nitrogens is 2. The van der Waals surface area contributed by atoms with Crippen molar-refractivity contribution in [2.45, 2.75) is 0 Å². The van der Waals surface area contributed by atoms with E-state index in [0.717, 1.165) is 11.3 Å². The van der Waals surface area contributed by atoms with Crippen molar-refractivity contribution >= 4 is 56.1 Å². The number of halogens is 2. The second-order valence-electron chi connectivity index (χ2n) is 3.24. The van der Waals surface area contributed by atoms with Gasteiger partial charge in [-0.1, -0.05) is 11.3 Å². The predicted octanol–water partition coefficient (Wildman–Crippen LogP) is 3.11. The highest BCUT2D eigenvalue weighted by Crippen LogP contribution is 2.28. The molecule has 0 bridgehead atoms. The number of benzene rings is 1. The standard InChI is InChI=1S/C9H4BrClN4O3S/c10-5-2-1-4(15(17)18)3-6(5)12-7(16)8-13-14-9(11)19-8/h1-3H,(H,12,16). The van der Waals surface area contributed by atoms with Gasteiger partial charge in [-0.2, -0.15) is 0 Å². The Morgan fingerprint density at radius 2 is 2.21 bits per heavy atom. The fourth-order valence-corrected chi connectivity index (χ4v) is 2.26. The Labute approximate surface area is 123 Å². The average Bonchev–Trinajstić information content (AvgIpc) is 2.78. The molecule has 2 rings (SSSR count). The lowest BCUT2D eigenvalue weighted by Gasteiger charge is -2.04. The number of nitro benzene ring substituents is 1. The zero-order chi connectivity index (χ0) is 14.0. The lowest BCUT2D eigenvalue weighted by atomic mass is 10.3. The number of nitro groups is 1. The SMILES string of the molecule is O=C(Nc1cc([N+](=O)[O-])ccc1Br)c1nnc(Cl)s1. The molecule has 98 valence electrons. The summed E-state index contributed by atoms with van der Waals surface area (Å²) < 4.78 is 0.658. The van der Waals surface area contributed by atoms with Crippen LogP contribution in [0.4, 0.5) is 11.4 Å². The van der Waals surface area contributed by atoms with E-state index in [9.17, 15) is 14.9 Å². The fraction of sp³-hybridized carbons (Fsp3) is 0. The Hall–Kier alpha value is -1.58. The molecular formula is C9H4BrClN4O3S. The molecule has 0 aliphatic heterocycles. The van der Waals surface area contributed by atoms with Crippen LogP contribution in [0.5, 0.6) is 0 Å². The van der Waals surface area contributed by atoms with E-state index in [1.54, 1.807) is 0 Å². The number of amides is 1. The molecule has 10 heteroatoms. The Morgan fingerprint density at radius 1 is 1.47 bits per heavy atom. The van der Waals surface area contributed by atoms with Gasteiger partial charge in [0.25, 0.3) is 11.6 Å². The minimum Gasteiger partial charge on any atom is -0.319 e. The van der Waals surface area contributed by atoms with Crippen LogP contribution in [0, 0.1) is 10.1 Å². The summed E-state index contributed by atoms with van der Waals surface area (Å²) in [7, 11) is 0. The van der Waals surface area contributed by atoms with Crippen LogP contribution in [-0.4, -0.2) is 21.0 Å². The highest BCUT2D eigenvalue weighted by Gasteiger charge is 2.16. The zero-order valence-corrected chi connectivity index (χ0v) is 12.1. The van der Waals surface area contributed by atoms with Gasteiger partial charge in [-0.15, -0.1) is 10.2 Å². The first-order valence-corrected chi connectivity index (χ1v) is 6.70. The van der Waals surface area contributed by atoms with Gasteiger partial charge in [-0.05, 0) is 33.6 Å². The van der Waals surface area contributed by atoms with E-state index < -0.39 is 10.8 Å². The first kappa shape index (κ1) is 13.8. The molecule has 19 heavy (non-hydrogen) atoms.